The summed E-state index contributed by atoms with van der Waals surface area (Å²) in [6, 6.07) is 0. The van der Waals surface area contributed by atoms with E-state index in [1.807, 2.05) is 0 Å². The number of pyridine rings is 1. The molecule has 0 radical (unpaired) electrons. The minimum atomic E-state index is -4.57. The number of alkyl halides is 3. The lowest BCUT2D eigenvalue weighted by Gasteiger charge is -2.18. The van der Waals surface area contributed by atoms with Crippen LogP contribution < -0.4 is 4.74 Å². The Morgan fingerprint density at radius 2 is 1.79 bits per heavy atom. The summed E-state index contributed by atoms with van der Waals surface area (Å²) in [5.41, 5.74) is 0. The third-order valence-electron chi connectivity index (χ3n) is 2.33. The lowest BCUT2D eigenvalue weighted by atomic mass is 10.2. The molecule has 0 bridgehead atoms. The van der Waals surface area contributed by atoms with Crippen LogP contribution in [0.5, 0.6) is 5.88 Å². The molecule has 0 aliphatic rings. The zero-order chi connectivity index (χ0) is 14.2. The van der Waals surface area contributed by atoms with Crippen molar-refractivity contribution in [2.45, 2.75) is 19.2 Å². The Morgan fingerprint density at radius 3 is 2.37 bits per heavy atom. The summed E-state index contributed by atoms with van der Waals surface area (Å²) in [5, 5.41) is 6.14. The molecule has 19 heavy (non-hydrogen) atoms. The molecule has 102 valence electrons. The highest BCUT2D eigenvalue weighted by Gasteiger charge is 2.38. The second-order valence-corrected chi connectivity index (χ2v) is 4.00. The molecule has 0 amide bonds. The first-order chi connectivity index (χ1) is 8.80. The number of halogens is 5. The zero-order valence-electron chi connectivity index (χ0n) is 9.37. The Morgan fingerprint density at radius 1 is 1.21 bits per heavy atom. The minimum Gasteiger partial charge on any atom is -0.464 e. The normalized spacial score (nSPS) is 13.6. The minimum absolute atomic E-state index is 0.0343. The molecule has 1 atom stereocenters. The Kier molecular flexibility index (Phi) is 3.44. The summed E-state index contributed by atoms with van der Waals surface area (Å²) in [5.74, 6) is -1.33. The lowest BCUT2D eigenvalue weighted by Crippen LogP contribution is -2.31. The van der Waals surface area contributed by atoms with E-state index in [0.29, 0.717) is 0 Å². The fraction of sp³-hybridized carbons (Fsp3) is 0.300. The average molecular weight is 296 g/mol. The topological polar surface area (TPSA) is 47.9 Å². The van der Waals surface area contributed by atoms with Crippen LogP contribution in [-0.2, 0) is 0 Å². The maximum absolute atomic E-state index is 13.6. The van der Waals surface area contributed by atoms with Gasteiger partial charge in [0.25, 0.3) is 0 Å². The van der Waals surface area contributed by atoms with Crippen molar-refractivity contribution in [3.63, 3.8) is 0 Å². The summed E-state index contributed by atoms with van der Waals surface area (Å²) in [6.07, 6.45) is -4.60. The van der Waals surface area contributed by atoms with E-state index < -0.39 is 29.1 Å². The highest BCUT2D eigenvalue weighted by atomic mass is 35.5. The molecular weight excluding hydrogens is 290 g/mol. The molecule has 0 unspecified atom stereocenters. The molecule has 2 rings (SSSR count). The number of fused-ring (bicyclic) bond motifs is 1. The van der Waals surface area contributed by atoms with Gasteiger partial charge in [0.1, 0.15) is 0 Å². The number of hydrogen-bond acceptors (Lipinski definition) is 4. The molecule has 0 aliphatic carbocycles. The first-order valence-electron chi connectivity index (χ1n) is 4.99. The van der Waals surface area contributed by atoms with Crippen molar-refractivity contribution in [1.29, 1.82) is 0 Å². The molecule has 9 heteroatoms. The monoisotopic (exact) mass is 295 g/mol. The molecule has 2 aromatic heterocycles. The number of nitrogens with zero attached hydrogens (tertiary/aromatic N) is 3. The van der Waals surface area contributed by atoms with Crippen molar-refractivity contribution in [2.24, 2.45) is 0 Å². The van der Waals surface area contributed by atoms with Crippen LogP contribution in [0.15, 0.2) is 12.4 Å². The maximum Gasteiger partial charge on any atom is 0.425 e. The van der Waals surface area contributed by atoms with E-state index in [-0.39, 0.29) is 10.8 Å². The predicted molar refractivity (Wildman–Crippen MR) is 58.4 cm³/mol. The third kappa shape index (κ3) is 2.67. The van der Waals surface area contributed by atoms with Crippen molar-refractivity contribution in [2.75, 3.05) is 0 Å². The molecule has 4 nitrogen and oxygen atoms in total. The van der Waals surface area contributed by atoms with Gasteiger partial charge in [0, 0.05) is 5.39 Å². The standard InChI is InChI=1S/C10H6ClF4N3O/c1-4(10(13,14)15)19-9-6-3-17-16-2-5(6)7(12)8(11)18-9/h2-4H,1H3/t4-/m0/s1. The van der Waals surface area contributed by atoms with Crippen molar-refractivity contribution in [1.82, 2.24) is 15.2 Å². The Hall–Kier alpha value is -1.70. The first-order valence-corrected chi connectivity index (χ1v) is 5.37. The second-order valence-electron chi connectivity index (χ2n) is 3.64. The maximum atomic E-state index is 13.6. The van der Waals surface area contributed by atoms with Gasteiger partial charge in [-0.05, 0) is 6.92 Å². The van der Waals surface area contributed by atoms with Crippen molar-refractivity contribution >= 4 is 22.4 Å². The third-order valence-corrected chi connectivity index (χ3v) is 2.58. The van der Waals surface area contributed by atoms with Crippen LogP contribution in [0.25, 0.3) is 10.8 Å². The van der Waals surface area contributed by atoms with E-state index in [4.69, 9.17) is 11.6 Å². The van der Waals surface area contributed by atoms with Crippen LogP contribution in [0, 0.1) is 5.82 Å². The molecule has 2 aromatic rings. The molecule has 0 aliphatic heterocycles. The fourth-order valence-electron chi connectivity index (χ4n) is 1.30. The number of rotatable bonds is 2. The highest BCUT2D eigenvalue weighted by molar-refractivity contribution is 6.30. The smallest absolute Gasteiger partial charge is 0.425 e. The summed E-state index contributed by atoms with van der Waals surface area (Å²) >= 11 is 5.49. The quantitative estimate of drug-likeness (QED) is 0.631. The molecule has 0 N–H and O–H groups in total. The first kappa shape index (κ1) is 13.7. The van der Waals surface area contributed by atoms with E-state index in [1.165, 1.54) is 0 Å². The molecule has 0 spiro atoms. The molecule has 0 fully saturated rings. The zero-order valence-corrected chi connectivity index (χ0v) is 10.1. The summed E-state index contributed by atoms with van der Waals surface area (Å²) in [4.78, 5) is 3.45. The highest BCUT2D eigenvalue weighted by Crippen LogP contribution is 2.31. The summed E-state index contributed by atoms with van der Waals surface area (Å²) in [7, 11) is 0. The van der Waals surface area contributed by atoms with Crippen molar-refractivity contribution in [3.05, 3.63) is 23.4 Å². The molecule has 0 saturated carbocycles. The van der Waals surface area contributed by atoms with Gasteiger partial charge < -0.3 is 4.74 Å². The van der Waals surface area contributed by atoms with Gasteiger partial charge in [0.05, 0.1) is 17.8 Å². The van der Waals surface area contributed by atoms with Crippen LogP contribution in [0.2, 0.25) is 5.15 Å². The number of ether oxygens (including phenoxy) is 1. The fourth-order valence-corrected chi connectivity index (χ4v) is 1.48. The van der Waals surface area contributed by atoms with E-state index >= 15 is 0 Å². The van der Waals surface area contributed by atoms with Gasteiger partial charge >= 0.3 is 6.18 Å². The van der Waals surface area contributed by atoms with Gasteiger partial charge in [-0.2, -0.15) is 28.4 Å². The van der Waals surface area contributed by atoms with Crippen molar-refractivity contribution in [3.8, 4) is 5.88 Å². The van der Waals surface area contributed by atoms with Gasteiger partial charge in [-0.15, -0.1) is 0 Å². The van der Waals surface area contributed by atoms with Gasteiger partial charge in [0.2, 0.25) is 5.88 Å². The Bertz CT molecular complexity index is 619. The Balaban J connectivity index is 2.52. The van der Waals surface area contributed by atoms with E-state index in [2.05, 4.69) is 19.9 Å². The largest absolute Gasteiger partial charge is 0.464 e. The molecular formula is C10H6ClF4N3O. The number of aromatic nitrogens is 3. The predicted octanol–water partition coefficient (Wildman–Crippen LogP) is 3.15. The summed E-state index contributed by atoms with van der Waals surface area (Å²) < 4.78 is 55.6. The van der Waals surface area contributed by atoms with Gasteiger partial charge in [0.15, 0.2) is 17.1 Å². The van der Waals surface area contributed by atoms with Crippen LogP contribution in [0.4, 0.5) is 17.6 Å². The molecule has 0 saturated heterocycles. The number of hydrogen-bond donors (Lipinski definition) is 0. The van der Waals surface area contributed by atoms with Gasteiger partial charge in [-0.25, -0.2) is 4.39 Å². The van der Waals surface area contributed by atoms with Crippen LogP contribution >= 0.6 is 11.6 Å². The summed E-state index contributed by atoms with van der Waals surface area (Å²) in [6.45, 7) is 0.805. The van der Waals surface area contributed by atoms with E-state index in [9.17, 15) is 17.6 Å². The Labute approximate surface area is 109 Å². The van der Waals surface area contributed by atoms with Gasteiger partial charge in [-0.3, -0.25) is 0 Å². The average Bonchev–Trinajstić information content (AvgIpc) is 2.34. The second kappa shape index (κ2) is 4.76. The van der Waals surface area contributed by atoms with E-state index in [0.717, 1.165) is 19.3 Å². The van der Waals surface area contributed by atoms with Crippen LogP contribution in [0.1, 0.15) is 6.92 Å². The van der Waals surface area contributed by atoms with Gasteiger partial charge in [-0.1, -0.05) is 11.6 Å². The van der Waals surface area contributed by atoms with Crippen LogP contribution in [0.3, 0.4) is 0 Å². The van der Waals surface area contributed by atoms with Crippen molar-refractivity contribution < 1.29 is 22.3 Å². The van der Waals surface area contributed by atoms with E-state index in [1.54, 1.807) is 0 Å². The molecule has 2 heterocycles. The lowest BCUT2D eigenvalue weighted by molar-refractivity contribution is -0.189. The molecule has 0 aromatic carbocycles. The SMILES string of the molecule is C[C@H](Oc1nc(Cl)c(F)c2cnncc12)C(F)(F)F. The van der Waals surface area contributed by atoms with Crippen LogP contribution in [-0.4, -0.2) is 27.5 Å².